The van der Waals surface area contributed by atoms with E-state index in [-0.39, 0.29) is 13.0 Å². The Bertz CT molecular complexity index is 396. The molecule has 0 aromatic heterocycles. The van der Waals surface area contributed by atoms with Crippen LogP contribution in [0.4, 0.5) is 13.6 Å². The first-order valence-electron chi connectivity index (χ1n) is 8.15. The van der Waals surface area contributed by atoms with Crippen LogP contribution in [0.25, 0.3) is 0 Å². The van der Waals surface area contributed by atoms with Crippen molar-refractivity contribution in [1.29, 1.82) is 0 Å². The first-order chi connectivity index (χ1) is 10.7. The highest BCUT2D eigenvalue weighted by Crippen LogP contribution is 2.22. The van der Waals surface area contributed by atoms with Crippen molar-refractivity contribution >= 4 is 12.1 Å². The highest BCUT2D eigenvalue weighted by atomic mass is 19.3. The zero-order valence-electron chi connectivity index (χ0n) is 14.1. The van der Waals surface area contributed by atoms with Gasteiger partial charge in [0.15, 0.2) is 0 Å². The summed E-state index contributed by atoms with van der Waals surface area (Å²) in [6.45, 7) is 5.99. The number of halogens is 2. The molecule has 1 amide bonds. The molecule has 1 aliphatic rings. The molecule has 23 heavy (non-hydrogen) atoms. The summed E-state index contributed by atoms with van der Waals surface area (Å²) in [5.41, 5.74) is -0.612. The van der Waals surface area contributed by atoms with Crippen molar-refractivity contribution in [1.82, 2.24) is 4.90 Å². The van der Waals surface area contributed by atoms with Crippen molar-refractivity contribution in [2.75, 3.05) is 13.2 Å². The Hall–Kier alpha value is -1.40. The molecule has 0 spiro atoms. The molecule has 1 fully saturated rings. The van der Waals surface area contributed by atoms with Gasteiger partial charge in [-0.2, -0.15) is 0 Å². The normalized spacial score (nSPS) is 18.3. The second-order valence-corrected chi connectivity index (χ2v) is 6.74. The number of hydrogen-bond acceptors (Lipinski definition) is 4. The number of unbranched alkanes of at least 4 members (excludes halogenated alkanes) is 2. The van der Waals surface area contributed by atoms with Crippen LogP contribution >= 0.6 is 0 Å². The van der Waals surface area contributed by atoms with E-state index in [4.69, 9.17) is 9.47 Å². The molecule has 1 unspecified atom stereocenters. The smallest absolute Gasteiger partial charge is 0.411 e. The van der Waals surface area contributed by atoms with Crippen molar-refractivity contribution in [2.45, 2.75) is 77.4 Å². The number of carbonyl (C=O) groups is 2. The Labute approximate surface area is 136 Å². The third-order valence-electron chi connectivity index (χ3n) is 3.46. The van der Waals surface area contributed by atoms with Crippen LogP contribution in [0.2, 0.25) is 0 Å². The van der Waals surface area contributed by atoms with Crippen LogP contribution in [0.1, 0.15) is 59.3 Å². The van der Waals surface area contributed by atoms with Crippen molar-refractivity contribution in [2.24, 2.45) is 0 Å². The summed E-state index contributed by atoms with van der Waals surface area (Å²) in [6.07, 6.45) is -0.0506. The average Bonchev–Trinajstić information content (AvgIpc) is 2.89. The van der Waals surface area contributed by atoms with Gasteiger partial charge in [0.1, 0.15) is 11.6 Å². The van der Waals surface area contributed by atoms with Gasteiger partial charge in [0.2, 0.25) is 6.43 Å². The van der Waals surface area contributed by atoms with Gasteiger partial charge in [-0.05, 0) is 52.9 Å². The van der Waals surface area contributed by atoms with E-state index in [2.05, 4.69) is 0 Å². The summed E-state index contributed by atoms with van der Waals surface area (Å²) in [7, 11) is 0. The van der Waals surface area contributed by atoms with Gasteiger partial charge in [0, 0.05) is 13.0 Å². The molecule has 0 bridgehead atoms. The van der Waals surface area contributed by atoms with Gasteiger partial charge < -0.3 is 9.47 Å². The zero-order valence-corrected chi connectivity index (χ0v) is 14.1. The fraction of sp³-hybridized carbons (Fsp3) is 0.875. The average molecular weight is 335 g/mol. The molecule has 134 valence electrons. The van der Waals surface area contributed by atoms with Gasteiger partial charge in [0.05, 0.1) is 6.61 Å². The second-order valence-electron chi connectivity index (χ2n) is 6.74. The highest BCUT2D eigenvalue weighted by molar-refractivity contribution is 5.82. The topological polar surface area (TPSA) is 55.8 Å². The summed E-state index contributed by atoms with van der Waals surface area (Å²) < 4.78 is 34.4. The maximum Gasteiger partial charge on any atom is 0.411 e. The number of nitrogens with zero attached hydrogens (tertiary/aromatic N) is 1. The summed E-state index contributed by atoms with van der Waals surface area (Å²) in [5, 5.41) is 0. The molecule has 0 aromatic carbocycles. The Morgan fingerprint density at radius 1 is 1.22 bits per heavy atom. The molecule has 0 saturated carbocycles. The van der Waals surface area contributed by atoms with E-state index in [0.717, 1.165) is 6.42 Å². The monoisotopic (exact) mass is 335 g/mol. The van der Waals surface area contributed by atoms with Gasteiger partial charge in [0.25, 0.3) is 0 Å². The molecular weight excluding hydrogens is 308 g/mol. The first-order valence-corrected chi connectivity index (χ1v) is 8.15. The fourth-order valence-electron chi connectivity index (χ4n) is 2.40. The lowest BCUT2D eigenvalue weighted by molar-refractivity contribution is -0.148. The summed E-state index contributed by atoms with van der Waals surface area (Å²) in [4.78, 5) is 25.6. The molecule has 7 heteroatoms. The number of amides is 1. The number of carbonyl (C=O) groups excluding carboxylic acids is 2. The third-order valence-corrected chi connectivity index (χ3v) is 3.46. The van der Waals surface area contributed by atoms with Crippen LogP contribution in [-0.2, 0) is 14.3 Å². The molecule has 1 saturated heterocycles. The second kappa shape index (κ2) is 9.03. The standard InChI is InChI=1S/C16H27F2NO4/c1-16(2,3)23-15(21)19-10-7-8-12(19)14(20)22-11-6-4-5-9-13(17)18/h12-13H,4-11H2,1-3H3. The van der Waals surface area contributed by atoms with E-state index in [1.54, 1.807) is 20.8 Å². The van der Waals surface area contributed by atoms with Crippen LogP contribution in [0.15, 0.2) is 0 Å². The van der Waals surface area contributed by atoms with E-state index in [9.17, 15) is 18.4 Å². The van der Waals surface area contributed by atoms with Crippen molar-refractivity contribution in [3.8, 4) is 0 Å². The first kappa shape index (κ1) is 19.6. The summed E-state index contributed by atoms with van der Waals surface area (Å²) in [5.74, 6) is -0.442. The number of ether oxygens (including phenoxy) is 2. The minimum atomic E-state index is -2.28. The molecule has 0 radical (unpaired) electrons. The van der Waals surface area contributed by atoms with E-state index >= 15 is 0 Å². The van der Waals surface area contributed by atoms with E-state index in [1.807, 2.05) is 0 Å². The molecule has 1 atom stereocenters. The minimum absolute atomic E-state index is 0.122. The number of alkyl halides is 2. The Morgan fingerprint density at radius 3 is 2.52 bits per heavy atom. The maximum atomic E-state index is 12.1. The lowest BCUT2D eigenvalue weighted by Gasteiger charge is -2.27. The predicted molar refractivity (Wildman–Crippen MR) is 81.4 cm³/mol. The lowest BCUT2D eigenvalue weighted by Crippen LogP contribution is -2.44. The zero-order chi connectivity index (χ0) is 17.5. The predicted octanol–water partition coefficient (Wildman–Crippen LogP) is 3.75. The Kier molecular flexibility index (Phi) is 7.72. The number of likely N-dealkylation sites (tertiary alicyclic amines) is 1. The van der Waals surface area contributed by atoms with E-state index in [1.165, 1.54) is 4.90 Å². The molecule has 0 aliphatic carbocycles. The van der Waals surface area contributed by atoms with Crippen LogP contribution in [0.5, 0.6) is 0 Å². The number of rotatable bonds is 7. The summed E-state index contributed by atoms with van der Waals surface area (Å²) in [6, 6.07) is -0.606. The van der Waals surface area contributed by atoms with Gasteiger partial charge in [-0.15, -0.1) is 0 Å². The van der Waals surface area contributed by atoms with Crippen LogP contribution < -0.4 is 0 Å². The minimum Gasteiger partial charge on any atom is -0.464 e. The fourth-order valence-corrected chi connectivity index (χ4v) is 2.40. The number of hydrogen-bond donors (Lipinski definition) is 0. The molecule has 0 aromatic rings. The van der Waals surface area contributed by atoms with Crippen molar-refractivity contribution < 1.29 is 27.8 Å². The van der Waals surface area contributed by atoms with Gasteiger partial charge in [-0.3, -0.25) is 4.90 Å². The lowest BCUT2D eigenvalue weighted by atomic mass is 10.2. The van der Waals surface area contributed by atoms with Crippen molar-refractivity contribution in [3.05, 3.63) is 0 Å². The van der Waals surface area contributed by atoms with Gasteiger partial charge in [-0.25, -0.2) is 18.4 Å². The third kappa shape index (κ3) is 7.61. The molecule has 1 heterocycles. The highest BCUT2D eigenvalue weighted by Gasteiger charge is 2.37. The van der Waals surface area contributed by atoms with Crippen LogP contribution in [0, 0.1) is 0 Å². The van der Waals surface area contributed by atoms with Gasteiger partial charge >= 0.3 is 12.1 Å². The Morgan fingerprint density at radius 2 is 1.91 bits per heavy atom. The van der Waals surface area contributed by atoms with E-state index in [0.29, 0.717) is 32.2 Å². The van der Waals surface area contributed by atoms with E-state index < -0.39 is 30.1 Å². The number of esters is 1. The molecule has 0 N–H and O–H groups in total. The molecule has 5 nitrogen and oxygen atoms in total. The molecule has 1 aliphatic heterocycles. The maximum absolute atomic E-state index is 12.1. The summed E-state index contributed by atoms with van der Waals surface area (Å²) >= 11 is 0. The molecular formula is C16H27F2NO4. The van der Waals surface area contributed by atoms with Crippen molar-refractivity contribution in [3.63, 3.8) is 0 Å². The van der Waals surface area contributed by atoms with Crippen LogP contribution in [-0.4, -0.2) is 48.2 Å². The quantitative estimate of drug-likeness (QED) is 0.525. The molecule has 1 rings (SSSR count). The Balaban J connectivity index is 2.32. The van der Waals surface area contributed by atoms with Crippen LogP contribution in [0.3, 0.4) is 0 Å². The van der Waals surface area contributed by atoms with Gasteiger partial charge in [-0.1, -0.05) is 0 Å². The largest absolute Gasteiger partial charge is 0.464 e. The SMILES string of the molecule is CC(C)(C)OC(=O)N1CCCC1C(=O)OCCCCCC(F)F.